The van der Waals surface area contributed by atoms with Crippen LogP contribution in [-0.4, -0.2) is 37.2 Å². The molecule has 6 nitrogen and oxygen atoms in total. The van der Waals surface area contributed by atoms with Gasteiger partial charge < -0.3 is 14.2 Å². The van der Waals surface area contributed by atoms with Gasteiger partial charge in [0.05, 0.1) is 0 Å². The summed E-state index contributed by atoms with van der Waals surface area (Å²) in [7, 11) is 0. The molecule has 0 bridgehead atoms. The van der Waals surface area contributed by atoms with E-state index in [1.54, 1.807) is 0 Å². The summed E-state index contributed by atoms with van der Waals surface area (Å²) in [6.07, 6.45) is 74.8. The fraction of sp³-hybridized carbons (Fsp3) is 0.623. The van der Waals surface area contributed by atoms with E-state index in [2.05, 4.69) is 142 Å². The summed E-state index contributed by atoms with van der Waals surface area (Å²) in [6.45, 7) is 6.44. The standard InChI is InChI=1S/C61H98O6/c1-4-7-10-13-16-19-22-25-28-30-33-36-39-42-45-48-51-54-60(63)66-57-58(56-65-59(62)53-50-47-44-41-38-35-32-27-24-21-18-15-12-9-6-3)67-61(64)55-52-49-46-43-40-37-34-31-29-26-23-20-17-14-11-8-5-2/h17-18,20-21,25-29,32-34,36-38,41-43,45-46,58H,4-16,19,22-24,30-31,35,39-40,44,47-57H2,1-3H3/b20-17-,21-18-,28-25-,29-26-,32-27-,36-33-,37-34-,41-38-,45-42-,46-43-/t58-/m1/s1. The van der Waals surface area contributed by atoms with Crippen LogP contribution in [0.2, 0.25) is 0 Å². The molecule has 0 aliphatic rings. The van der Waals surface area contributed by atoms with E-state index < -0.39 is 12.1 Å². The van der Waals surface area contributed by atoms with Crippen LogP contribution < -0.4 is 0 Å². The van der Waals surface area contributed by atoms with E-state index in [0.717, 1.165) is 70.6 Å². The van der Waals surface area contributed by atoms with Crippen molar-refractivity contribution in [2.45, 2.75) is 232 Å². The van der Waals surface area contributed by atoms with E-state index in [0.29, 0.717) is 19.3 Å². The zero-order valence-corrected chi connectivity index (χ0v) is 43.1. The SMILES string of the molecule is CCCCC/C=C\C/C=C\C/C=C\C/C=C\CCCC(=O)O[C@@H](COC(=O)CCC/C=C\C/C=C\C/C=C\CCCCCCCC)COC(=O)CCCC/C=C\C/C=C\C/C=C\CCCCC. The number of hydrogen-bond donors (Lipinski definition) is 0. The third-order valence-corrected chi connectivity index (χ3v) is 10.9. The van der Waals surface area contributed by atoms with Crippen LogP contribution in [0.5, 0.6) is 0 Å². The Balaban J connectivity index is 4.63. The van der Waals surface area contributed by atoms with Gasteiger partial charge in [-0.3, -0.25) is 14.4 Å². The summed E-state index contributed by atoms with van der Waals surface area (Å²) in [5.74, 6) is -1.09. The Morgan fingerprint density at radius 3 is 0.925 bits per heavy atom. The van der Waals surface area contributed by atoms with Gasteiger partial charge in [-0.25, -0.2) is 0 Å². The first-order chi connectivity index (χ1) is 33.0. The average Bonchev–Trinajstić information content (AvgIpc) is 3.33. The highest BCUT2D eigenvalue weighted by Gasteiger charge is 2.19. The van der Waals surface area contributed by atoms with Gasteiger partial charge in [0.2, 0.25) is 0 Å². The third kappa shape index (κ3) is 52.6. The van der Waals surface area contributed by atoms with Gasteiger partial charge in [-0.2, -0.15) is 0 Å². The summed E-state index contributed by atoms with van der Waals surface area (Å²) in [6, 6.07) is 0. The van der Waals surface area contributed by atoms with Crippen LogP contribution in [0.3, 0.4) is 0 Å². The van der Waals surface area contributed by atoms with Crippen LogP contribution in [0.25, 0.3) is 0 Å². The highest BCUT2D eigenvalue weighted by atomic mass is 16.6. The molecule has 0 aliphatic carbocycles. The largest absolute Gasteiger partial charge is 0.462 e. The Morgan fingerprint density at radius 2 is 0.552 bits per heavy atom. The van der Waals surface area contributed by atoms with Crippen molar-refractivity contribution in [1.29, 1.82) is 0 Å². The molecule has 1 atom stereocenters. The van der Waals surface area contributed by atoms with E-state index in [1.165, 1.54) is 96.3 Å². The second-order valence-corrected chi connectivity index (χ2v) is 17.4. The number of rotatable bonds is 47. The molecule has 0 heterocycles. The van der Waals surface area contributed by atoms with E-state index in [1.807, 2.05) is 0 Å². The first-order valence-corrected chi connectivity index (χ1v) is 27.0. The summed E-state index contributed by atoms with van der Waals surface area (Å²) < 4.78 is 16.7. The second kappa shape index (κ2) is 54.4. The normalized spacial score (nSPS) is 13.1. The number of unbranched alkanes of at least 4 members (excludes halogenated alkanes) is 16. The Labute approximate surface area is 412 Å². The Morgan fingerprint density at radius 1 is 0.299 bits per heavy atom. The topological polar surface area (TPSA) is 78.9 Å². The molecule has 0 saturated carbocycles. The molecule has 0 aromatic heterocycles. The molecule has 67 heavy (non-hydrogen) atoms. The lowest BCUT2D eigenvalue weighted by Gasteiger charge is -2.18. The third-order valence-electron chi connectivity index (χ3n) is 10.9. The van der Waals surface area contributed by atoms with Crippen molar-refractivity contribution in [3.63, 3.8) is 0 Å². The quantitative estimate of drug-likeness (QED) is 0.0262. The van der Waals surface area contributed by atoms with Crippen molar-refractivity contribution in [3.8, 4) is 0 Å². The maximum atomic E-state index is 12.8. The minimum absolute atomic E-state index is 0.139. The zero-order chi connectivity index (χ0) is 48.6. The predicted octanol–water partition coefficient (Wildman–Crippen LogP) is 18.1. The van der Waals surface area contributed by atoms with Gasteiger partial charge in [0.25, 0.3) is 0 Å². The summed E-state index contributed by atoms with van der Waals surface area (Å²) in [4.78, 5) is 38.0. The molecule has 0 aliphatic heterocycles. The van der Waals surface area contributed by atoms with E-state index >= 15 is 0 Å². The molecule has 0 saturated heterocycles. The van der Waals surface area contributed by atoms with Crippen LogP contribution in [0.15, 0.2) is 122 Å². The monoisotopic (exact) mass is 927 g/mol. The van der Waals surface area contributed by atoms with Gasteiger partial charge in [0.15, 0.2) is 6.10 Å². The molecular formula is C61H98O6. The second-order valence-electron chi connectivity index (χ2n) is 17.4. The van der Waals surface area contributed by atoms with E-state index in [-0.39, 0.29) is 44.4 Å². The average molecular weight is 927 g/mol. The molecule has 0 aromatic carbocycles. The number of ether oxygens (including phenoxy) is 3. The van der Waals surface area contributed by atoms with Gasteiger partial charge in [-0.15, -0.1) is 0 Å². The van der Waals surface area contributed by atoms with Crippen molar-refractivity contribution in [3.05, 3.63) is 122 Å². The first-order valence-electron chi connectivity index (χ1n) is 27.0. The number of esters is 3. The van der Waals surface area contributed by atoms with Gasteiger partial charge in [-0.05, 0) is 128 Å². The Bertz CT molecular complexity index is 1440. The maximum Gasteiger partial charge on any atom is 0.306 e. The van der Waals surface area contributed by atoms with Crippen molar-refractivity contribution in [2.24, 2.45) is 0 Å². The molecule has 0 unspecified atom stereocenters. The van der Waals surface area contributed by atoms with Crippen molar-refractivity contribution in [2.75, 3.05) is 13.2 Å². The lowest BCUT2D eigenvalue weighted by molar-refractivity contribution is -0.167. The fourth-order valence-electron chi connectivity index (χ4n) is 6.81. The maximum absolute atomic E-state index is 12.8. The molecular weight excluding hydrogens is 829 g/mol. The Kier molecular flexibility index (Phi) is 51.0. The van der Waals surface area contributed by atoms with Crippen molar-refractivity contribution in [1.82, 2.24) is 0 Å². The van der Waals surface area contributed by atoms with E-state index in [4.69, 9.17) is 14.2 Å². The molecule has 0 amide bonds. The van der Waals surface area contributed by atoms with Gasteiger partial charge in [0.1, 0.15) is 13.2 Å². The zero-order valence-electron chi connectivity index (χ0n) is 43.1. The lowest BCUT2D eigenvalue weighted by atomic mass is 10.1. The van der Waals surface area contributed by atoms with Crippen LogP contribution in [0, 0.1) is 0 Å². The summed E-state index contributed by atoms with van der Waals surface area (Å²) in [5.41, 5.74) is 0. The van der Waals surface area contributed by atoms with Crippen LogP contribution in [0.4, 0.5) is 0 Å². The number of carbonyl (C=O) groups excluding carboxylic acids is 3. The van der Waals surface area contributed by atoms with Crippen molar-refractivity contribution < 1.29 is 28.6 Å². The van der Waals surface area contributed by atoms with Gasteiger partial charge in [0, 0.05) is 19.3 Å². The summed E-state index contributed by atoms with van der Waals surface area (Å²) >= 11 is 0. The fourth-order valence-corrected chi connectivity index (χ4v) is 6.81. The minimum atomic E-state index is -0.846. The number of carbonyl (C=O) groups is 3. The predicted molar refractivity (Wildman–Crippen MR) is 288 cm³/mol. The first kappa shape index (κ1) is 62.8. The molecule has 0 rings (SSSR count). The smallest absolute Gasteiger partial charge is 0.306 e. The molecule has 6 heteroatoms. The molecule has 0 radical (unpaired) electrons. The van der Waals surface area contributed by atoms with Crippen molar-refractivity contribution >= 4 is 17.9 Å². The number of allylic oxidation sites excluding steroid dienone is 20. The Hall–Kier alpha value is -4.19. The van der Waals surface area contributed by atoms with Gasteiger partial charge in [-0.1, -0.05) is 200 Å². The number of hydrogen-bond acceptors (Lipinski definition) is 6. The van der Waals surface area contributed by atoms with E-state index in [9.17, 15) is 14.4 Å². The highest BCUT2D eigenvalue weighted by molar-refractivity contribution is 5.71. The van der Waals surface area contributed by atoms with Crippen LogP contribution >= 0.6 is 0 Å². The molecule has 0 aromatic rings. The minimum Gasteiger partial charge on any atom is -0.462 e. The molecule has 0 N–H and O–H groups in total. The van der Waals surface area contributed by atoms with Crippen LogP contribution in [-0.2, 0) is 28.6 Å². The van der Waals surface area contributed by atoms with Crippen LogP contribution in [0.1, 0.15) is 226 Å². The molecule has 0 fully saturated rings. The summed E-state index contributed by atoms with van der Waals surface area (Å²) in [5, 5.41) is 0. The molecule has 0 spiro atoms. The highest BCUT2D eigenvalue weighted by Crippen LogP contribution is 2.10. The lowest BCUT2D eigenvalue weighted by Crippen LogP contribution is -2.30. The molecule has 378 valence electrons. The van der Waals surface area contributed by atoms with Gasteiger partial charge >= 0.3 is 17.9 Å².